The molecule has 0 aliphatic rings. The smallest absolute Gasteiger partial charge is 0.311 e. The molecule has 1 atom stereocenters. The van der Waals surface area contributed by atoms with Crippen molar-refractivity contribution >= 4 is 21.9 Å². The lowest BCUT2D eigenvalue weighted by molar-refractivity contribution is -0.139. The largest absolute Gasteiger partial charge is 0.481 e. The third kappa shape index (κ3) is 3.27. The summed E-state index contributed by atoms with van der Waals surface area (Å²) >= 11 is 3.15. The molecule has 1 aromatic carbocycles. The van der Waals surface area contributed by atoms with E-state index < -0.39 is 24.7 Å². The van der Waals surface area contributed by atoms with Gasteiger partial charge in [-0.05, 0) is 11.6 Å². The number of halogens is 3. The Labute approximate surface area is 94.0 Å². The van der Waals surface area contributed by atoms with Crippen LogP contribution in [0.15, 0.2) is 28.7 Å². The van der Waals surface area contributed by atoms with E-state index in [4.69, 9.17) is 5.11 Å². The van der Waals surface area contributed by atoms with Crippen LogP contribution in [0.25, 0.3) is 0 Å². The van der Waals surface area contributed by atoms with Gasteiger partial charge in [-0.15, -0.1) is 0 Å². The Kier molecular flexibility index (Phi) is 4.20. The van der Waals surface area contributed by atoms with Crippen LogP contribution in [0, 0.1) is 0 Å². The summed E-state index contributed by atoms with van der Waals surface area (Å²) in [6.07, 6.45) is -3.30. The van der Waals surface area contributed by atoms with E-state index in [1.54, 1.807) is 18.2 Å². The molecule has 5 heteroatoms. The van der Waals surface area contributed by atoms with Crippen LogP contribution < -0.4 is 0 Å². The maximum absolute atomic E-state index is 12.2. The second-order valence-corrected chi connectivity index (χ2v) is 3.89. The Morgan fingerprint density at radius 2 is 2.00 bits per heavy atom. The number of benzene rings is 1. The summed E-state index contributed by atoms with van der Waals surface area (Å²) in [4.78, 5) is 10.8. The van der Waals surface area contributed by atoms with Crippen LogP contribution >= 0.6 is 15.9 Å². The molecule has 1 aromatic rings. The SMILES string of the molecule is O=C(O)C(CC(F)F)c1ccccc1Br. The molecule has 15 heavy (non-hydrogen) atoms. The maximum Gasteiger partial charge on any atom is 0.311 e. The Bertz CT molecular complexity index is 355. The highest BCUT2D eigenvalue weighted by Crippen LogP contribution is 2.29. The molecule has 0 aliphatic carbocycles. The monoisotopic (exact) mass is 278 g/mol. The van der Waals surface area contributed by atoms with E-state index in [2.05, 4.69) is 15.9 Å². The van der Waals surface area contributed by atoms with Crippen molar-refractivity contribution in [2.75, 3.05) is 0 Å². The fraction of sp³-hybridized carbons (Fsp3) is 0.300. The summed E-state index contributed by atoms with van der Waals surface area (Å²) in [5.74, 6) is -2.40. The van der Waals surface area contributed by atoms with Gasteiger partial charge in [-0.2, -0.15) is 0 Å². The van der Waals surface area contributed by atoms with Gasteiger partial charge in [0, 0.05) is 10.9 Å². The van der Waals surface area contributed by atoms with Gasteiger partial charge in [0.1, 0.15) is 0 Å². The van der Waals surface area contributed by atoms with Crippen molar-refractivity contribution in [1.82, 2.24) is 0 Å². The molecule has 2 nitrogen and oxygen atoms in total. The van der Waals surface area contributed by atoms with E-state index in [1.807, 2.05) is 0 Å². The number of carboxylic acid groups (broad SMARTS) is 1. The van der Waals surface area contributed by atoms with Crippen molar-refractivity contribution in [1.29, 1.82) is 0 Å². The molecule has 0 spiro atoms. The van der Waals surface area contributed by atoms with Crippen molar-refractivity contribution in [3.05, 3.63) is 34.3 Å². The molecule has 0 aliphatic heterocycles. The van der Waals surface area contributed by atoms with Crippen LogP contribution in [0.5, 0.6) is 0 Å². The van der Waals surface area contributed by atoms with E-state index in [9.17, 15) is 13.6 Å². The van der Waals surface area contributed by atoms with Crippen molar-refractivity contribution in [3.8, 4) is 0 Å². The van der Waals surface area contributed by atoms with Crippen LogP contribution in [0.3, 0.4) is 0 Å². The topological polar surface area (TPSA) is 37.3 Å². The number of rotatable bonds is 4. The molecule has 82 valence electrons. The van der Waals surface area contributed by atoms with Gasteiger partial charge < -0.3 is 5.11 Å². The number of carboxylic acids is 1. The number of aliphatic carboxylic acids is 1. The first-order valence-corrected chi connectivity index (χ1v) is 5.07. The highest BCUT2D eigenvalue weighted by Gasteiger charge is 2.25. The van der Waals surface area contributed by atoms with Crippen molar-refractivity contribution in [2.24, 2.45) is 0 Å². The van der Waals surface area contributed by atoms with Crippen LogP contribution in [-0.4, -0.2) is 17.5 Å². The molecule has 0 saturated carbocycles. The third-order valence-electron chi connectivity index (χ3n) is 1.99. The quantitative estimate of drug-likeness (QED) is 0.918. The molecule has 0 saturated heterocycles. The zero-order chi connectivity index (χ0) is 11.4. The minimum Gasteiger partial charge on any atom is -0.481 e. The minimum absolute atomic E-state index is 0.380. The van der Waals surface area contributed by atoms with Gasteiger partial charge in [-0.1, -0.05) is 34.1 Å². The summed E-state index contributed by atoms with van der Waals surface area (Å²) in [5.41, 5.74) is 0.380. The van der Waals surface area contributed by atoms with E-state index in [0.29, 0.717) is 10.0 Å². The Morgan fingerprint density at radius 3 is 2.47 bits per heavy atom. The van der Waals surface area contributed by atoms with Crippen LogP contribution in [0.2, 0.25) is 0 Å². The van der Waals surface area contributed by atoms with Crippen molar-refractivity contribution < 1.29 is 18.7 Å². The predicted molar refractivity (Wildman–Crippen MR) is 55.1 cm³/mol. The van der Waals surface area contributed by atoms with Gasteiger partial charge in [-0.3, -0.25) is 4.79 Å². The second kappa shape index (κ2) is 5.21. The van der Waals surface area contributed by atoms with Crippen LogP contribution in [-0.2, 0) is 4.79 Å². The average Bonchev–Trinajstić information content (AvgIpc) is 2.15. The van der Waals surface area contributed by atoms with Gasteiger partial charge in [0.15, 0.2) is 0 Å². The van der Waals surface area contributed by atoms with Crippen molar-refractivity contribution in [3.63, 3.8) is 0 Å². The van der Waals surface area contributed by atoms with Crippen LogP contribution in [0.4, 0.5) is 8.78 Å². The highest BCUT2D eigenvalue weighted by molar-refractivity contribution is 9.10. The third-order valence-corrected chi connectivity index (χ3v) is 2.71. The minimum atomic E-state index is -2.63. The Balaban J connectivity index is 2.99. The molecule has 0 aromatic heterocycles. The number of hydrogen-bond donors (Lipinski definition) is 1. The molecule has 0 heterocycles. The molecule has 1 rings (SSSR count). The lowest BCUT2D eigenvalue weighted by Gasteiger charge is -2.13. The lowest BCUT2D eigenvalue weighted by Crippen LogP contribution is -2.15. The van der Waals surface area contributed by atoms with Gasteiger partial charge in [0.25, 0.3) is 0 Å². The number of carbonyl (C=O) groups is 1. The first kappa shape index (κ1) is 12.1. The summed E-state index contributed by atoms with van der Waals surface area (Å²) in [6.45, 7) is 0. The number of hydrogen-bond acceptors (Lipinski definition) is 1. The summed E-state index contributed by atoms with van der Waals surface area (Å²) < 4.78 is 24.9. The Hall–Kier alpha value is -0.970. The van der Waals surface area contributed by atoms with E-state index in [1.165, 1.54) is 6.07 Å². The molecular weight excluding hydrogens is 270 g/mol. The molecule has 1 unspecified atom stereocenters. The van der Waals surface area contributed by atoms with Gasteiger partial charge in [0.2, 0.25) is 6.43 Å². The van der Waals surface area contributed by atoms with E-state index in [-0.39, 0.29) is 0 Å². The fourth-order valence-electron chi connectivity index (χ4n) is 1.30. The highest BCUT2D eigenvalue weighted by atomic mass is 79.9. The first-order valence-electron chi connectivity index (χ1n) is 4.27. The first-order chi connectivity index (χ1) is 7.02. The standard InChI is InChI=1S/C10H9BrF2O2/c11-8-4-2-1-3-6(8)7(10(14)15)5-9(12)13/h1-4,7,9H,5H2,(H,14,15). The Morgan fingerprint density at radius 1 is 1.40 bits per heavy atom. The van der Waals surface area contributed by atoms with Gasteiger partial charge >= 0.3 is 5.97 Å². The molecule has 0 bridgehead atoms. The molecule has 1 N–H and O–H groups in total. The van der Waals surface area contributed by atoms with E-state index >= 15 is 0 Å². The van der Waals surface area contributed by atoms with Crippen molar-refractivity contribution in [2.45, 2.75) is 18.8 Å². The summed E-state index contributed by atoms with van der Waals surface area (Å²) in [5, 5.41) is 8.85. The predicted octanol–water partition coefficient (Wildman–Crippen LogP) is 3.27. The summed E-state index contributed by atoms with van der Waals surface area (Å²) in [7, 11) is 0. The van der Waals surface area contributed by atoms with E-state index in [0.717, 1.165) is 0 Å². The van der Waals surface area contributed by atoms with Gasteiger partial charge in [0.05, 0.1) is 5.92 Å². The van der Waals surface area contributed by atoms with Gasteiger partial charge in [-0.25, -0.2) is 8.78 Å². The number of alkyl halides is 2. The lowest BCUT2D eigenvalue weighted by atomic mass is 9.96. The van der Waals surface area contributed by atoms with Crippen LogP contribution in [0.1, 0.15) is 17.9 Å². The normalized spacial score (nSPS) is 12.8. The maximum atomic E-state index is 12.2. The zero-order valence-electron chi connectivity index (χ0n) is 7.66. The fourth-order valence-corrected chi connectivity index (χ4v) is 1.86. The zero-order valence-corrected chi connectivity index (χ0v) is 9.25. The molecule has 0 amide bonds. The average molecular weight is 279 g/mol. The summed E-state index contributed by atoms with van der Waals surface area (Å²) in [6, 6.07) is 6.50. The molecular formula is C10H9BrF2O2. The second-order valence-electron chi connectivity index (χ2n) is 3.04. The molecule has 0 radical (unpaired) electrons. The molecule has 0 fully saturated rings.